The van der Waals surface area contributed by atoms with E-state index in [1.165, 1.54) is 0 Å². The molecule has 1 unspecified atom stereocenters. The van der Waals surface area contributed by atoms with Crippen molar-refractivity contribution < 1.29 is 23.1 Å². The number of sulfonamides is 1. The predicted octanol–water partition coefficient (Wildman–Crippen LogP) is -0.973. The Hall–Kier alpha value is -0.660. The van der Waals surface area contributed by atoms with E-state index in [0.717, 1.165) is 6.42 Å². The van der Waals surface area contributed by atoms with Crippen LogP contribution in [0.25, 0.3) is 0 Å². The van der Waals surface area contributed by atoms with Crippen molar-refractivity contribution in [2.75, 3.05) is 25.5 Å². The number of nitrogens with one attached hydrogen (secondary N) is 1. The van der Waals surface area contributed by atoms with E-state index in [1.807, 2.05) is 0 Å². The van der Waals surface area contributed by atoms with Crippen LogP contribution in [-0.4, -0.2) is 45.0 Å². The van der Waals surface area contributed by atoms with Crippen molar-refractivity contribution in [2.45, 2.75) is 6.42 Å². The quantitative estimate of drug-likeness (QED) is 0.625. The van der Waals surface area contributed by atoms with Gasteiger partial charge >= 0.3 is 5.97 Å². The fourth-order valence-electron chi connectivity index (χ4n) is 1.20. The molecule has 0 aromatic heterocycles. The Kier molecular flexibility index (Phi) is 3.85. The van der Waals surface area contributed by atoms with Gasteiger partial charge in [0.25, 0.3) is 0 Å². The Labute approximate surface area is 82.3 Å². The summed E-state index contributed by atoms with van der Waals surface area (Å²) in [6.07, 6.45) is 0.815. The predicted molar refractivity (Wildman–Crippen MR) is 48.4 cm³/mol. The van der Waals surface area contributed by atoms with Crippen molar-refractivity contribution in [2.24, 2.45) is 5.92 Å². The zero-order valence-electron chi connectivity index (χ0n) is 7.60. The van der Waals surface area contributed by atoms with Crippen molar-refractivity contribution in [3.63, 3.8) is 0 Å². The van der Waals surface area contributed by atoms with Crippen molar-refractivity contribution in [3.8, 4) is 0 Å². The molecule has 82 valence electrons. The first kappa shape index (κ1) is 11.4. The summed E-state index contributed by atoms with van der Waals surface area (Å²) in [4.78, 5) is 10.2. The largest absolute Gasteiger partial charge is 0.480 e. The fraction of sp³-hybridized carbons (Fsp3) is 0.857. The number of hydrogen-bond donors (Lipinski definition) is 2. The van der Waals surface area contributed by atoms with Gasteiger partial charge in [0.05, 0.1) is 6.61 Å². The van der Waals surface area contributed by atoms with Gasteiger partial charge in [-0.15, -0.1) is 0 Å². The Morgan fingerprint density at radius 1 is 1.57 bits per heavy atom. The molecule has 1 atom stereocenters. The van der Waals surface area contributed by atoms with Crippen molar-refractivity contribution in [1.29, 1.82) is 0 Å². The summed E-state index contributed by atoms with van der Waals surface area (Å²) in [7, 11) is -3.67. The molecule has 0 aromatic carbocycles. The zero-order valence-corrected chi connectivity index (χ0v) is 8.42. The molecule has 1 heterocycles. The molecule has 0 amide bonds. The summed E-state index contributed by atoms with van der Waals surface area (Å²) in [6, 6.07) is 0. The molecule has 2 N–H and O–H groups in total. The molecule has 0 aliphatic carbocycles. The molecule has 1 aliphatic heterocycles. The highest BCUT2D eigenvalue weighted by Crippen LogP contribution is 2.10. The third kappa shape index (κ3) is 4.03. The van der Waals surface area contributed by atoms with Crippen LogP contribution in [0.3, 0.4) is 0 Å². The van der Waals surface area contributed by atoms with E-state index in [9.17, 15) is 13.2 Å². The van der Waals surface area contributed by atoms with Crippen molar-refractivity contribution in [1.82, 2.24) is 4.72 Å². The highest BCUT2D eigenvalue weighted by atomic mass is 32.2. The van der Waals surface area contributed by atoms with Crippen LogP contribution in [0.1, 0.15) is 6.42 Å². The van der Waals surface area contributed by atoms with Crippen LogP contribution >= 0.6 is 0 Å². The topological polar surface area (TPSA) is 92.7 Å². The maximum Gasteiger partial charge on any atom is 0.320 e. The lowest BCUT2D eigenvalue weighted by Gasteiger charge is -2.08. The standard InChI is InChI=1S/C7H13NO5S/c9-7(10)5-14(11,12)8-3-6-1-2-13-4-6/h6,8H,1-5H2,(H,9,10). The van der Waals surface area contributed by atoms with Crippen molar-refractivity contribution in [3.05, 3.63) is 0 Å². The van der Waals surface area contributed by atoms with E-state index >= 15 is 0 Å². The molecule has 1 saturated heterocycles. The molecule has 1 aliphatic rings. The van der Waals surface area contributed by atoms with E-state index in [-0.39, 0.29) is 12.5 Å². The molecule has 0 spiro atoms. The van der Waals surface area contributed by atoms with Gasteiger partial charge in [0, 0.05) is 13.2 Å². The molecule has 0 saturated carbocycles. The number of hydrogen-bond acceptors (Lipinski definition) is 4. The molecule has 0 radical (unpaired) electrons. The molecule has 14 heavy (non-hydrogen) atoms. The molecule has 0 bridgehead atoms. The second-order valence-electron chi connectivity index (χ2n) is 3.23. The number of ether oxygens (including phenoxy) is 1. The SMILES string of the molecule is O=C(O)CS(=O)(=O)NCC1CCOC1. The molecular weight excluding hydrogens is 210 g/mol. The Morgan fingerprint density at radius 3 is 2.79 bits per heavy atom. The smallest absolute Gasteiger partial charge is 0.320 e. The summed E-state index contributed by atoms with van der Waals surface area (Å²) < 4.78 is 29.4. The average Bonchev–Trinajstić information content (AvgIpc) is 2.50. The van der Waals surface area contributed by atoms with Crippen LogP contribution in [-0.2, 0) is 19.6 Å². The van der Waals surface area contributed by atoms with E-state index in [2.05, 4.69) is 4.72 Å². The highest BCUT2D eigenvalue weighted by Gasteiger charge is 2.20. The van der Waals surface area contributed by atoms with Crippen LogP contribution < -0.4 is 4.72 Å². The van der Waals surface area contributed by atoms with Crippen molar-refractivity contribution >= 4 is 16.0 Å². The molecular formula is C7H13NO5S. The van der Waals surface area contributed by atoms with Gasteiger partial charge in [0.2, 0.25) is 10.0 Å². The maximum absolute atomic E-state index is 11.1. The minimum Gasteiger partial charge on any atom is -0.480 e. The van der Waals surface area contributed by atoms with Crippen LogP contribution in [0, 0.1) is 5.92 Å². The van der Waals surface area contributed by atoms with E-state index < -0.39 is 21.7 Å². The Bertz CT molecular complexity index is 293. The van der Waals surface area contributed by atoms with Gasteiger partial charge in [-0.1, -0.05) is 0 Å². The van der Waals surface area contributed by atoms with E-state index in [0.29, 0.717) is 13.2 Å². The monoisotopic (exact) mass is 223 g/mol. The van der Waals surface area contributed by atoms with E-state index in [4.69, 9.17) is 9.84 Å². The highest BCUT2D eigenvalue weighted by molar-refractivity contribution is 7.90. The van der Waals surface area contributed by atoms with Gasteiger partial charge in [-0.25, -0.2) is 13.1 Å². The maximum atomic E-state index is 11.1. The summed E-state index contributed by atoms with van der Waals surface area (Å²) in [6.45, 7) is 1.44. The summed E-state index contributed by atoms with van der Waals surface area (Å²) in [5.74, 6) is -2.06. The van der Waals surface area contributed by atoms with E-state index in [1.54, 1.807) is 0 Å². The Balaban J connectivity index is 2.32. The van der Waals surface area contributed by atoms with Crippen LogP contribution in [0.5, 0.6) is 0 Å². The van der Waals surface area contributed by atoms with Gasteiger partial charge in [0.15, 0.2) is 5.75 Å². The summed E-state index contributed by atoms with van der Waals surface area (Å²) >= 11 is 0. The second-order valence-corrected chi connectivity index (χ2v) is 5.04. The van der Waals surface area contributed by atoms with Gasteiger partial charge in [0.1, 0.15) is 0 Å². The summed E-state index contributed by atoms with van der Waals surface area (Å²) in [5.41, 5.74) is 0. The summed E-state index contributed by atoms with van der Waals surface area (Å²) in [5, 5.41) is 8.30. The molecule has 1 fully saturated rings. The van der Waals surface area contributed by atoms with Crippen LogP contribution in [0.2, 0.25) is 0 Å². The molecule has 0 aromatic rings. The number of carbonyl (C=O) groups is 1. The van der Waals surface area contributed by atoms with Gasteiger partial charge in [-0.05, 0) is 12.3 Å². The van der Waals surface area contributed by atoms with Gasteiger partial charge in [-0.2, -0.15) is 0 Å². The molecule has 7 heteroatoms. The normalized spacial score (nSPS) is 22.4. The van der Waals surface area contributed by atoms with Gasteiger partial charge < -0.3 is 9.84 Å². The second kappa shape index (κ2) is 4.72. The first-order valence-electron chi connectivity index (χ1n) is 4.26. The fourth-order valence-corrected chi connectivity index (χ4v) is 2.12. The average molecular weight is 223 g/mol. The first-order chi connectivity index (χ1) is 6.49. The lowest BCUT2D eigenvalue weighted by molar-refractivity contribution is -0.134. The zero-order chi connectivity index (χ0) is 10.6. The Morgan fingerprint density at radius 2 is 2.29 bits per heavy atom. The molecule has 1 rings (SSSR count). The third-order valence-electron chi connectivity index (χ3n) is 1.93. The minimum atomic E-state index is -3.67. The number of carboxylic acids is 1. The van der Waals surface area contributed by atoms with Crippen LogP contribution in [0.4, 0.5) is 0 Å². The first-order valence-corrected chi connectivity index (χ1v) is 5.92. The minimum absolute atomic E-state index is 0.165. The lowest BCUT2D eigenvalue weighted by atomic mass is 10.1. The molecule has 6 nitrogen and oxygen atoms in total. The lowest BCUT2D eigenvalue weighted by Crippen LogP contribution is -2.33. The third-order valence-corrected chi connectivity index (χ3v) is 3.16. The number of aliphatic carboxylic acids is 1. The van der Waals surface area contributed by atoms with Crippen LogP contribution in [0.15, 0.2) is 0 Å². The van der Waals surface area contributed by atoms with Gasteiger partial charge in [-0.3, -0.25) is 4.79 Å². The number of rotatable bonds is 5. The number of carboxylic acid groups (broad SMARTS) is 1.